The minimum absolute atomic E-state index is 0.213. The van der Waals surface area contributed by atoms with Crippen LogP contribution >= 0.6 is 0 Å². The zero-order valence-corrected chi connectivity index (χ0v) is 9.48. The van der Waals surface area contributed by atoms with Gasteiger partial charge in [0, 0.05) is 11.6 Å². The quantitative estimate of drug-likeness (QED) is 0.826. The second-order valence-corrected chi connectivity index (χ2v) is 4.01. The molecule has 1 unspecified atom stereocenters. The van der Waals surface area contributed by atoms with E-state index >= 15 is 0 Å². The van der Waals surface area contributed by atoms with Gasteiger partial charge in [-0.1, -0.05) is 13.8 Å². The highest BCUT2D eigenvalue weighted by Crippen LogP contribution is 2.17. The van der Waals surface area contributed by atoms with Crippen LogP contribution in [0.4, 0.5) is 0 Å². The minimum Gasteiger partial charge on any atom is -0.481 e. The molecule has 0 fully saturated rings. The van der Waals surface area contributed by atoms with Gasteiger partial charge in [-0.15, -0.1) is 0 Å². The Kier molecular flexibility index (Phi) is 3.39. The number of carbonyl (C=O) groups is 1. The number of carboxylic acids is 1. The van der Waals surface area contributed by atoms with Gasteiger partial charge in [0.25, 0.3) is 0 Å². The molecule has 1 atom stereocenters. The van der Waals surface area contributed by atoms with Crippen LogP contribution in [0.2, 0.25) is 0 Å². The molecule has 15 heavy (non-hydrogen) atoms. The second-order valence-electron chi connectivity index (χ2n) is 4.01. The van der Waals surface area contributed by atoms with Crippen molar-refractivity contribution < 1.29 is 9.90 Å². The van der Waals surface area contributed by atoms with Crippen molar-refractivity contribution in [2.24, 2.45) is 0 Å². The Morgan fingerprint density at radius 2 is 1.93 bits per heavy atom. The summed E-state index contributed by atoms with van der Waals surface area (Å²) in [5.74, 6) is -0.519. The summed E-state index contributed by atoms with van der Waals surface area (Å²) in [5, 5.41) is 8.90. The number of aryl methyl sites for hydroxylation is 1. The lowest BCUT2D eigenvalue weighted by molar-refractivity contribution is -0.138. The number of hydrogen-bond donors (Lipinski definition) is 1. The number of hydrogen-bond acceptors (Lipinski definition) is 3. The largest absolute Gasteiger partial charge is 0.481 e. The third kappa shape index (κ3) is 2.75. The molecule has 0 aliphatic heterocycles. The topological polar surface area (TPSA) is 63.1 Å². The van der Waals surface area contributed by atoms with Crippen molar-refractivity contribution >= 4 is 5.97 Å². The Labute approximate surface area is 89.4 Å². The van der Waals surface area contributed by atoms with Gasteiger partial charge in [0.1, 0.15) is 5.82 Å². The van der Waals surface area contributed by atoms with Crippen molar-refractivity contribution in [1.82, 2.24) is 9.97 Å². The number of aliphatic carboxylic acids is 1. The van der Waals surface area contributed by atoms with Gasteiger partial charge in [0.05, 0.1) is 11.6 Å². The first-order valence-electron chi connectivity index (χ1n) is 5.00. The molecule has 0 aromatic carbocycles. The van der Waals surface area contributed by atoms with Crippen LogP contribution < -0.4 is 0 Å². The van der Waals surface area contributed by atoms with Crippen molar-refractivity contribution in [2.45, 2.75) is 39.5 Å². The fourth-order valence-electron chi connectivity index (χ4n) is 1.22. The molecule has 1 aromatic rings. The molecule has 4 heteroatoms. The summed E-state index contributed by atoms with van der Waals surface area (Å²) in [4.78, 5) is 19.4. The van der Waals surface area contributed by atoms with E-state index in [4.69, 9.17) is 5.11 Å². The van der Waals surface area contributed by atoms with Crippen molar-refractivity contribution in [1.29, 1.82) is 0 Å². The van der Waals surface area contributed by atoms with Gasteiger partial charge in [0.15, 0.2) is 0 Å². The van der Waals surface area contributed by atoms with Gasteiger partial charge in [-0.2, -0.15) is 0 Å². The molecule has 0 spiro atoms. The molecule has 0 saturated heterocycles. The zero-order chi connectivity index (χ0) is 11.6. The monoisotopic (exact) mass is 208 g/mol. The van der Waals surface area contributed by atoms with Crippen LogP contribution in [0.3, 0.4) is 0 Å². The van der Waals surface area contributed by atoms with Crippen LogP contribution in [-0.2, 0) is 4.79 Å². The molecule has 0 aliphatic rings. The third-order valence-electron chi connectivity index (χ3n) is 2.22. The van der Waals surface area contributed by atoms with Gasteiger partial charge in [0.2, 0.25) is 0 Å². The summed E-state index contributed by atoms with van der Waals surface area (Å²) in [6.45, 7) is 7.47. The lowest BCUT2D eigenvalue weighted by Crippen LogP contribution is -2.12. The van der Waals surface area contributed by atoms with Crippen molar-refractivity contribution in [2.75, 3.05) is 0 Å². The number of rotatable bonds is 3. The van der Waals surface area contributed by atoms with Crippen LogP contribution in [0, 0.1) is 6.92 Å². The number of aromatic nitrogens is 2. The lowest BCUT2D eigenvalue weighted by atomic mass is 10.1. The highest BCUT2D eigenvalue weighted by Gasteiger charge is 2.17. The van der Waals surface area contributed by atoms with Crippen LogP contribution in [0.15, 0.2) is 6.07 Å². The molecule has 0 bridgehead atoms. The maximum Gasteiger partial charge on any atom is 0.312 e. The molecular formula is C11H16N2O2. The molecule has 0 amide bonds. The van der Waals surface area contributed by atoms with Gasteiger partial charge in [-0.05, 0) is 19.9 Å². The Morgan fingerprint density at radius 3 is 2.40 bits per heavy atom. The van der Waals surface area contributed by atoms with E-state index in [1.54, 1.807) is 13.0 Å². The van der Waals surface area contributed by atoms with Gasteiger partial charge in [-0.25, -0.2) is 9.97 Å². The second kappa shape index (κ2) is 4.38. The van der Waals surface area contributed by atoms with E-state index in [0.717, 1.165) is 5.69 Å². The Bertz CT molecular complexity index is 375. The predicted molar refractivity (Wildman–Crippen MR) is 56.9 cm³/mol. The highest BCUT2D eigenvalue weighted by molar-refractivity contribution is 5.74. The van der Waals surface area contributed by atoms with Crippen molar-refractivity contribution in [3.63, 3.8) is 0 Å². The standard InChI is InChI=1S/C11H16N2O2/c1-6(2)10-12-7(3)5-9(13-10)8(4)11(14)15/h5-6,8H,1-4H3,(H,14,15). The fraction of sp³-hybridized carbons (Fsp3) is 0.545. The van der Waals surface area contributed by atoms with E-state index in [1.807, 2.05) is 20.8 Å². The third-order valence-corrected chi connectivity index (χ3v) is 2.22. The summed E-state index contributed by atoms with van der Waals surface area (Å²) in [6.07, 6.45) is 0. The van der Waals surface area contributed by atoms with E-state index in [1.165, 1.54) is 0 Å². The Morgan fingerprint density at radius 1 is 1.33 bits per heavy atom. The van der Waals surface area contributed by atoms with E-state index in [-0.39, 0.29) is 5.92 Å². The van der Waals surface area contributed by atoms with Gasteiger partial charge in [-0.3, -0.25) is 4.79 Å². The molecule has 1 heterocycles. The summed E-state index contributed by atoms with van der Waals surface area (Å²) in [5.41, 5.74) is 1.40. The first-order chi connectivity index (χ1) is 6.91. The summed E-state index contributed by atoms with van der Waals surface area (Å²) < 4.78 is 0. The summed E-state index contributed by atoms with van der Waals surface area (Å²) in [6, 6.07) is 1.73. The molecule has 1 aromatic heterocycles. The smallest absolute Gasteiger partial charge is 0.312 e. The van der Waals surface area contributed by atoms with Crippen molar-refractivity contribution in [3.8, 4) is 0 Å². The molecule has 1 rings (SSSR count). The average molecular weight is 208 g/mol. The molecule has 0 saturated carbocycles. The van der Waals surface area contributed by atoms with Gasteiger partial charge < -0.3 is 5.11 Å². The van der Waals surface area contributed by atoms with Crippen LogP contribution in [0.1, 0.15) is 49.8 Å². The van der Waals surface area contributed by atoms with Gasteiger partial charge >= 0.3 is 5.97 Å². The molecule has 1 N–H and O–H groups in total. The average Bonchev–Trinajstić information content (AvgIpc) is 2.15. The maximum atomic E-state index is 10.8. The Hall–Kier alpha value is -1.45. The summed E-state index contributed by atoms with van der Waals surface area (Å²) >= 11 is 0. The van der Waals surface area contributed by atoms with Crippen LogP contribution in [0.5, 0.6) is 0 Å². The van der Waals surface area contributed by atoms with E-state index in [0.29, 0.717) is 11.5 Å². The zero-order valence-electron chi connectivity index (χ0n) is 9.48. The minimum atomic E-state index is -0.859. The fourth-order valence-corrected chi connectivity index (χ4v) is 1.22. The summed E-state index contributed by atoms with van der Waals surface area (Å²) in [7, 11) is 0. The van der Waals surface area contributed by atoms with E-state index < -0.39 is 11.9 Å². The van der Waals surface area contributed by atoms with Crippen molar-refractivity contribution in [3.05, 3.63) is 23.3 Å². The maximum absolute atomic E-state index is 10.8. The van der Waals surface area contributed by atoms with Crippen LogP contribution in [0.25, 0.3) is 0 Å². The highest BCUT2D eigenvalue weighted by atomic mass is 16.4. The molecular weight excluding hydrogens is 192 g/mol. The van der Waals surface area contributed by atoms with Crippen LogP contribution in [-0.4, -0.2) is 21.0 Å². The normalized spacial score (nSPS) is 12.9. The SMILES string of the molecule is Cc1cc(C(C)C(=O)O)nc(C(C)C)n1. The molecule has 0 aliphatic carbocycles. The molecule has 82 valence electrons. The first kappa shape index (κ1) is 11.6. The molecule has 0 radical (unpaired) electrons. The first-order valence-corrected chi connectivity index (χ1v) is 5.00. The van der Waals surface area contributed by atoms with E-state index in [9.17, 15) is 4.79 Å². The lowest BCUT2D eigenvalue weighted by Gasteiger charge is -2.10. The molecule has 4 nitrogen and oxygen atoms in total. The number of nitrogens with zero attached hydrogens (tertiary/aromatic N) is 2. The Balaban J connectivity index is 3.14. The number of carboxylic acid groups (broad SMARTS) is 1. The van der Waals surface area contributed by atoms with E-state index in [2.05, 4.69) is 9.97 Å². The predicted octanol–water partition coefficient (Wildman–Crippen LogP) is 2.10.